The minimum Gasteiger partial charge on any atom is -0.383 e. The Hall–Kier alpha value is -1.75. The number of carbonyl (C=O) groups excluding carboxylic acids is 1. The van der Waals surface area contributed by atoms with Gasteiger partial charge in [0.25, 0.3) is 5.91 Å². The van der Waals surface area contributed by atoms with Crippen LogP contribution >= 0.6 is 11.8 Å². The number of benzene rings is 1. The fourth-order valence-corrected chi connectivity index (χ4v) is 3.22. The van der Waals surface area contributed by atoms with E-state index in [2.05, 4.69) is 4.98 Å². The van der Waals surface area contributed by atoms with E-state index < -0.39 is 0 Å². The first-order chi connectivity index (χ1) is 9.27. The van der Waals surface area contributed by atoms with Crippen LogP contribution in [0.1, 0.15) is 10.4 Å². The summed E-state index contributed by atoms with van der Waals surface area (Å²) in [4.78, 5) is 18.6. The number of thioether (sulfide) groups is 1. The van der Waals surface area contributed by atoms with Crippen LogP contribution in [-0.2, 0) is 0 Å². The summed E-state index contributed by atoms with van der Waals surface area (Å²) in [7, 11) is 0. The van der Waals surface area contributed by atoms with E-state index in [1.54, 1.807) is 6.20 Å². The summed E-state index contributed by atoms with van der Waals surface area (Å²) in [6.07, 6.45) is 1.60. The smallest absolute Gasteiger partial charge is 0.256 e. The number of anilines is 1. The first-order valence-electron chi connectivity index (χ1n) is 6.27. The van der Waals surface area contributed by atoms with Crippen LogP contribution < -0.4 is 5.73 Å². The second-order valence-corrected chi connectivity index (χ2v) is 5.73. The summed E-state index contributed by atoms with van der Waals surface area (Å²) in [5, 5.41) is 1.73. The van der Waals surface area contributed by atoms with Gasteiger partial charge in [0.15, 0.2) is 0 Å². The van der Waals surface area contributed by atoms with Gasteiger partial charge < -0.3 is 10.6 Å². The number of pyridine rings is 1. The molecule has 1 aromatic heterocycles. The van der Waals surface area contributed by atoms with E-state index in [0.29, 0.717) is 11.4 Å². The lowest BCUT2D eigenvalue weighted by atomic mass is 10.1. The molecule has 2 aromatic rings. The van der Waals surface area contributed by atoms with Crippen molar-refractivity contribution in [2.75, 3.05) is 30.3 Å². The molecule has 1 aromatic carbocycles. The molecule has 0 spiro atoms. The number of fused-ring (bicyclic) bond motifs is 1. The topological polar surface area (TPSA) is 59.2 Å². The van der Waals surface area contributed by atoms with E-state index in [9.17, 15) is 4.79 Å². The van der Waals surface area contributed by atoms with E-state index in [4.69, 9.17) is 5.73 Å². The number of hydrogen-bond donors (Lipinski definition) is 1. The van der Waals surface area contributed by atoms with Crippen LogP contribution in [0.5, 0.6) is 0 Å². The zero-order chi connectivity index (χ0) is 13.2. The number of nitrogens with zero attached hydrogens (tertiary/aromatic N) is 2. The van der Waals surface area contributed by atoms with Crippen molar-refractivity contribution in [1.82, 2.24) is 9.88 Å². The monoisotopic (exact) mass is 273 g/mol. The molecule has 0 bridgehead atoms. The number of aromatic nitrogens is 1. The fraction of sp³-hybridized carbons (Fsp3) is 0.286. The molecule has 1 amide bonds. The normalized spacial score (nSPS) is 15.7. The van der Waals surface area contributed by atoms with Crippen molar-refractivity contribution in [1.29, 1.82) is 0 Å². The van der Waals surface area contributed by atoms with Crippen LogP contribution in [0, 0.1) is 0 Å². The Morgan fingerprint density at radius 2 is 1.89 bits per heavy atom. The summed E-state index contributed by atoms with van der Waals surface area (Å²) in [6, 6.07) is 7.66. The van der Waals surface area contributed by atoms with Crippen molar-refractivity contribution in [2.24, 2.45) is 0 Å². The summed E-state index contributed by atoms with van der Waals surface area (Å²) < 4.78 is 0. The number of carbonyl (C=O) groups is 1. The van der Waals surface area contributed by atoms with Gasteiger partial charge in [-0.25, -0.2) is 4.98 Å². The molecule has 2 N–H and O–H groups in total. The minimum atomic E-state index is 0.0593. The van der Waals surface area contributed by atoms with E-state index in [1.807, 2.05) is 40.9 Å². The largest absolute Gasteiger partial charge is 0.383 e. The lowest BCUT2D eigenvalue weighted by Gasteiger charge is -2.26. The molecule has 0 unspecified atom stereocenters. The van der Waals surface area contributed by atoms with Crippen LogP contribution in [-0.4, -0.2) is 40.4 Å². The molecular weight excluding hydrogens is 258 g/mol. The molecular formula is C14H15N3OS. The van der Waals surface area contributed by atoms with E-state index in [-0.39, 0.29) is 5.91 Å². The van der Waals surface area contributed by atoms with E-state index in [0.717, 1.165) is 35.4 Å². The van der Waals surface area contributed by atoms with Crippen LogP contribution in [0.3, 0.4) is 0 Å². The van der Waals surface area contributed by atoms with Gasteiger partial charge in [-0.15, -0.1) is 0 Å². The van der Waals surface area contributed by atoms with E-state index >= 15 is 0 Å². The Kier molecular flexibility index (Phi) is 3.29. The zero-order valence-corrected chi connectivity index (χ0v) is 11.3. The Morgan fingerprint density at radius 1 is 1.21 bits per heavy atom. The molecule has 1 saturated heterocycles. The van der Waals surface area contributed by atoms with Gasteiger partial charge in [-0.1, -0.05) is 24.3 Å². The van der Waals surface area contributed by atoms with Gasteiger partial charge in [0.1, 0.15) is 5.82 Å². The van der Waals surface area contributed by atoms with E-state index in [1.165, 1.54) is 0 Å². The summed E-state index contributed by atoms with van der Waals surface area (Å²) in [5.41, 5.74) is 6.51. The number of amides is 1. The Morgan fingerprint density at radius 3 is 2.63 bits per heavy atom. The van der Waals surface area contributed by atoms with Crippen molar-refractivity contribution >= 4 is 34.3 Å². The van der Waals surface area contributed by atoms with Crippen molar-refractivity contribution < 1.29 is 4.79 Å². The summed E-state index contributed by atoms with van der Waals surface area (Å²) >= 11 is 1.89. The average Bonchev–Trinajstić information content (AvgIpc) is 2.48. The summed E-state index contributed by atoms with van der Waals surface area (Å²) in [5.74, 6) is 2.54. The zero-order valence-electron chi connectivity index (χ0n) is 10.5. The van der Waals surface area contributed by atoms with Crippen LogP contribution in [0.25, 0.3) is 10.8 Å². The van der Waals surface area contributed by atoms with Gasteiger partial charge in [0.2, 0.25) is 0 Å². The highest BCUT2D eigenvalue weighted by atomic mass is 32.2. The van der Waals surface area contributed by atoms with Crippen molar-refractivity contribution in [3.63, 3.8) is 0 Å². The molecule has 0 atom stereocenters. The average molecular weight is 273 g/mol. The van der Waals surface area contributed by atoms with Crippen molar-refractivity contribution in [3.05, 3.63) is 36.0 Å². The third-order valence-electron chi connectivity index (χ3n) is 3.35. The Balaban J connectivity index is 2.05. The molecule has 0 saturated carbocycles. The lowest BCUT2D eigenvalue weighted by Crippen LogP contribution is -2.38. The molecule has 1 aliphatic rings. The highest BCUT2D eigenvalue weighted by Gasteiger charge is 2.20. The SMILES string of the molecule is Nc1ncc(C(=O)N2CCSCC2)c2ccccc12. The van der Waals surface area contributed by atoms with Gasteiger partial charge >= 0.3 is 0 Å². The predicted molar refractivity (Wildman–Crippen MR) is 79.4 cm³/mol. The molecule has 3 rings (SSSR count). The highest BCUT2D eigenvalue weighted by Crippen LogP contribution is 2.24. The van der Waals surface area contributed by atoms with Gasteiger partial charge in [-0.3, -0.25) is 4.79 Å². The highest BCUT2D eigenvalue weighted by molar-refractivity contribution is 7.99. The molecule has 19 heavy (non-hydrogen) atoms. The number of nitrogen functional groups attached to an aromatic ring is 1. The van der Waals surface area contributed by atoms with Crippen LogP contribution in [0.2, 0.25) is 0 Å². The summed E-state index contributed by atoms with van der Waals surface area (Å²) in [6.45, 7) is 1.62. The Labute approximate surface area is 116 Å². The first-order valence-corrected chi connectivity index (χ1v) is 7.43. The third-order valence-corrected chi connectivity index (χ3v) is 4.30. The molecule has 2 heterocycles. The maximum Gasteiger partial charge on any atom is 0.256 e. The van der Waals surface area contributed by atoms with Gasteiger partial charge in [-0.2, -0.15) is 11.8 Å². The van der Waals surface area contributed by atoms with Gasteiger partial charge in [0.05, 0.1) is 5.56 Å². The van der Waals surface area contributed by atoms with Gasteiger partial charge in [-0.05, 0) is 5.39 Å². The fourth-order valence-electron chi connectivity index (χ4n) is 2.32. The second kappa shape index (κ2) is 5.09. The Bertz CT molecular complexity index is 623. The molecule has 98 valence electrons. The van der Waals surface area contributed by atoms with Crippen LogP contribution in [0.4, 0.5) is 5.82 Å². The minimum absolute atomic E-state index is 0.0593. The first kappa shape index (κ1) is 12.3. The molecule has 4 nitrogen and oxygen atoms in total. The van der Waals surface area contributed by atoms with Crippen LogP contribution in [0.15, 0.2) is 30.5 Å². The maximum absolute atomic E-state index is 12.6. The quantitative estimate of drug-likeness (QED) is 0.863. The molecule has 1 aliphatic heterocycles. The molecule has 0 aliphatic carbocycles. The molecule has 1 fully saturated rings. The number of hydrogen-bond acceptors (Lipinski definition) is 4. The second-order valence-electron chi connectivity index (χ2n) is 4.51. The molecule has 5 heteroatoms. The standard InChI is InChI=1S/C14H15N3OS/c15-13-11-4-2-1-3-10(11)12(9-16-13)14(18)17-5-7-19-8-6-17/h1-4,9H,5-8H2,(H2,15,16). The van der Waals surface area contributed by atoms with Crippen molar-refractivity contribution in [2.45, 2.75) is 0 Å². The third kappa shape index (κ3) is 2.26. The predicted octanol–water partition coefficient (Wildman–Crippen LogP) is 2.01. The number of rotatable bonds is 1. The van der Waals surface area contributed by atoms with Crippen molar-refractivity contribution in [3.8, 4) is 0 Å². The molecule has 0 radical (unpaired) electrons. The number of nitrogens with two attached hydrogens (primary N) is 1. The van der Waals surface area contributed by atoms with Gasteiger partial charge in [0, 0.05) is 36.2 Å². The lowest BCUT2D eigenvalue weighted by molar-refractivity contribution is 0.0774. The maximum atomic E-state index is 12.6.